The monoisotopic (exact) mass is 401 g/mol. The molecule has 1 saturated carbocycles. The molecule has 0 bridgehead atoms. The number of anilines is 3. The van der Waals surface area contributed by atoms with E-state index < -0.39 is 5.91 Å². The van der Waals surface area contributed by atoms with Crippen molar-refractivity contribution in [2.45, 2.75) is 38.8 Å². The van der Waals surface area contributed by atoms with Gasteiger partial charge < -0.3 is 21.7 Å². The smallest absolute Gasteiger partial charge is 0.273 e. The summed E-state index contributed by atoms with van der Waals surface area (Å²) in [5.74, 6) is -0.162. The van der Waals surface area contributed by atoms with Gasteiger partial charge in [-0.05, 0) is 48.8 Å². The van der Waals surface area contributed by atoms with Gasteiger partial charge in [-0.3, -0.25) is 9.59 Å². The molecule has 0 saturated heterocycles. The van der Waals surface area contributed by atoms with Gasteiger partial charge in [0.25, 0.3) is 5.91 Å². The lowest BCUT2D eigenvalue weighted by Gasteiger charge is -2.22. The van der Waals surface area contributed by atoms with Crippen molar-refractivity contribution in [2.75, 3.05) is 10.6 Å². The SMILES string of the molecule is C=CC(=O)NC1CC[C@@H](Nc2nnc(C(N)=O)c(Nc3cc(C)cs3)n2)[C@H]1C. The summed E-state index contributed by atoms with van der Waals surface area (Å²) < 4.78 is 0. The van der Waals surface area contributed by atoms with Gasteiger partial charge in [-0.25, -0.2) is 0 Å². The number of nitrogens with zero attached hydrogens (tertiary/aromatic N) is 3. The molecule has 5 N–H and O–H groups in total. The molecule has 2 amide bonds. The standard InChI is InChI=1S/C18H23N7O2S/c1-4-13(26)20-11-5-6-12(10(11)3)21-18-23-17(15(16(19)27)24-25-18)22-14-7-9(2)8-28-14/h4,7-8,10-12H,1,5-6H2,2-3H3,(H2,19,27)(H,20,26)(H2,21,22,23,25)/t10-,11?,12+/m0/s1. The third-order valence-corrected chi connectivity index (χ3v) is 5.74. The second-order valence-corrected chi connectivity index (χ2v) is 7.73. The summed E-state index contributed by atoms with van der Waals surface area (Å²) in [4.78, 5) is 27.6. The van der Waals surface area contributed by atoms with E-state index in [1.165, 1.54) is 17.4 Å². The Labute approximate surface area is 166 Å². The maximum Gasteiger partial charge on any atom is 0.273 e. The summed E-state index contributed by atoms with van der Waals surface area (Å²) in [5.41, 5.74) is 6.48. The van der Waals surface area contributed by atoms with Crippen LogP contribution in [0.15, 0.2) is 24.1 Å². The van der Waals surface area contributed by atoms with Crippen molar-refractivity contribution in [1.82, 2.24) is 20.5 Å². The molecule has 1 aliphatic rings. The van der Waals surface area contributed by atoms with Gasteiger partial charge in [0.05, 0.1) is 5.00 Å². The van der Waals surface area contributed by atoms with Crippen molar-refractivity contribution in [3.8, 4) is 0 Å². The van der Waals surface area contributed by atoms with Crippen molar-refractivity contribution in [3.63, 3.8) is 0 Å². The number of aryl methyl sites for hydroxylation is 1. The fraction of sp³-hybridized carbons (Fsp3) is 0.389. The number of nitrogens with one attached hydrogen (secondary N) is 3. The number of hydrogen-bond acceptors (Lipinski definition) is 8. The first-order valence-corrected chi connectivity index (χ1v) is 9.81. The van der Waals surface area contributed by atoms with Crippen LogP contribution in [0.2, 0.25) is 0 Å². The van der Waals surface area contributed by atoms with Crippen molar-refractivity contribution in [2.24, 2.45) is 11.7 Å². The van der Waals surface area contributed by atoms with Gasteiger partial charge >= 0.3 is 0 Å². The van der Waals surface area contributed by atoms with Gasteiger partial charge in [0.15, 0.2) is 11.5 Å². The van der Waals surface area contributed by atoms with Gasteiger partial charge in [-0.1, -0.05) is 13.5 Å². The summed E-state index contributed by atoms with van der Waals surface area (Å²) in [5, 5.41) is 20.0. The summed E-state index contributed by atoms with van der Waals surface area (Å²) in [7, 11) is 0. The first kappa shape index (κ1) is 19.7. The normalized spacial score (nSPS) is 21.1. The first-order valence-electron chi connectivity index (χ1n) is 8.93. The Morgan fingerprint density at radius 2 is 2.07 bits per heavy atom. The van der Waals surface area contributed by atoms with E-state index in [1.807, 2.05) is 18.4 Å². The van der Waals surface area contributed by atoms with E-state index in [0.717, 1.165) is 23.4 Å². The van der Waals surface area contributed by atoms with E-state index in [9.17, 15) is 9.59 Å². The lowest BCUT2D eigenvalue weighted by molar-refractivity contribution is -0.117. The number of nitrogens with two attached hydrogens (primary N) is 1. The van der Waals surface area contributed by atoms with Gasteiger partial charge in [-0.15, -0.1) is 21.5 Å². The molecule has 2 heterocycles. The van der Waals surface area contributed by atoms with E-state index in [2.05, 4.69) is 44.6 Å². The van der Waals surface area contributed by atoms with Crippen molar-refractivity contribution in [1.29, 1.82) is 0 Å². The summed E-state index contributed by atoms with van der Waals surface area (Å²) in [6, 6.07) is 2.05. The number of carbonyl (C=O) groups excluding carboxylic acids is 2. The Balaban J connectivity index is 1.75. The molecule has 3 rings (SSSR count). The molecule has 1 fully saturated rings. The average molecular weight is 401 g/mol. The van der Waals surface area contributed by atoms with Crippen LogP contribution >= 0.6 is 11.3 Å². The Kier molecular flexibility index (Phi) is 5.88. The zero-order valence-corrected chi connectivity index (χ0v) is 16.5. The number of thiophene rings is 1. The summed E-state index contributed by atoms with van der Waals surface area (Å²) in [6.45, 7) is 7.51. The third kappa shape index (κ3) is 4.45. The highest BCUT2D eigenvalue weighted by molar-refractivity contribution is 7.14. The molecule has 0 radical (unpaired) electrons. The van der Waals surface area contributed by atoms with E-state index in [1.54, 1.807) is 0 Å². The van der Waals surface area contributed by atoms with Crippen molar-refractivity contribution in [3.05, 3.63) is 35.4 Å². The van der Waals surface area contributed by atoms with Gasteiger partial charge in [0, 0.05) is 12.1 Å². The van der Waals surface area contributed by atoms with Crippen LogP contribution in [0.3, 0.4) is 0 Å². The first-order chi connectivity index (χ1) is 13.4. The molecule has 1 aliphatic carbocycles. The molecule has 2 aromatic heterocycles. The second-order valence-electron chi connectivity index (χ2n) is 6.82. The minimum absolute atomic E-state index is 0.0211. The number of carbonyl (C=O) groups is 2. The van der Waals surface area contributed by atoms with Crippen molar-refractivity contribution >= 4 is 39.9 Å². The molecule has 3 atom stereocenters. The number of amides is 2. The van der Waals surface area contributed by atoms with Gasteiger partial charge in [0.1, 0.15) is 0 Å². The Morgan fingerprint density at radius 3 is 2.71 bits per heavy atom. The molecular weight excluding hydrogens is 378 g/mol. The van der Waals surface area contributed by atoms with Crippen LogP contribution in [0.4, 0.5) is 16.8 Å². The maximum absolute atomic E-state index is 11.7. The molecular formula is C18H23N7O2S. The second kappa shape index (κ2) is 8.34. The Morgan fingerprint density at radius 1 is 1.32 bits per heavy atom. The number of rotatable bonds is 7. The van der Waals surface area contributed by atoms with Gasteiger partial charge in [-0.2, -0.15) is 4.98 Å². The van der Waals surface area contributed by atoms with Crippen LogP contribution < -0.4 is 21.7 Å². The minimum Gasteiger partial charge on any atom is -0.364 e. The number of primary amides is 1. The average Bonchev–Trinajstić information content (AvgIpc) is 3.21. The molecule has 0 aliphatic heterocycles. The van der Waals surface area contributed by atoms with Crippen LogP contribution in [0, 0.1) is 12.8 Å². The highest BCUT2D eigenvalue weighted by Gasteiger charge is 2.34. The molecule has 148 valence electrons. The zero-order chi connectivity index (χ0) is 20.3. The summed E-state index contributed by atoms with van der Waals surface area (Å²) in [6.07, 6.45) is 2.95. The van der Waals surface area contributed by atoms with Crippen molar-refractivity contribution < 1.29 is 9.59 Å². The maximum atomic E-state index is 11.7. The fourth-order valence-corrected chi connectivity index (χ4v) is 4.02. The third-order valence-electron chi connectivity index (χ3n) is 4.78. The minimum atomic E-state index is -0.705. The molecule has 28 heavy (non-hydrogen) atoms. The van der Waals surface area contributed by atoms with Crippen LogP contribution in [-0.2, 0) is 4.79 Å². The van der Waals surface area contributed by atoms with Crippen LogP contribution in [0.5, 0.6) is 0 Å². The number of aromatic nitrogens is 3. The highest BCUT2D eigenvalue weighted by atomic mass is 32.1. The predicted molar refractivity (Wildman–Crippen MR) is 109 cm³/mol. The Bertz CT molecular complexity index is 898. The van der Waals surface area contributed by atoms with E-state index in [-0.39, 0.29) is 35.4 Å². The number of hydrogen-bond donors (Lipinski definition) is 4. The molecule has 0 spiro atoms. The molecule has 0 aromatic carbocycles. The lowest BCUT2D eigenvalue weighted by atomic mass is 10.0. The molecule has 10 heteroatoms. The van der Waals surface area contributed by atoms with E-state index in [4.69, 9.17) is 5.73 Å². The fourth-order valence-electron chi connectivity index (χ4n) is 3.23. The lowest BCUT2D eigenvalue weighted by Crippen LogP contribution is -2.39. The molecule has 9 nitrogen and oxygen atoms in total. The summed E-state index contributed by atoms with van der Waals surface area (Å²) >= 11 is 1.49. The largest absolute Gasteiger partial charge is 0.364 e. The molecule has 1 unspecified atom stereocenters. The van der Waals surface area contributed by atoms with E-state index >= 15 is 0 Å². The Hall–Kier alpha value is -3.01. The van der Waals surface area contributed by atoms with Crippen LogP contribution in [0.1, 0.15) is 35.8 Å². The van der Waals surface area contributed by atoms with Crippen LogP contribution in [-0.4, -0.2) is 39.1 Å². The van der Waals surface area contributed by atoms with Crippen LogP contribution in [0.25, 0.3) is 0 Å². The molecule has 2 aromatic rings. The zero-order valence-electron chi connectivity index (χ0n) is 15.7. The quantitative estimate of drug-likeness (QED) is 0.521. The highest BCUT2D eigenvalue weighted by Crippen LogP contribution is 2.29. The topological polar surface area (TPSA) is 135 Å². The predicted octanol–water partition coefficient (Wildman–Crippen LogP) is 1.97. The van der Waals surface area contributed by atoms with Gasteiger partial charge in [0.2, 0.25) is 11.9 Å². The van der Waals surface area contributed by atoms with E-state index in [0.29, 0.717) is 5.95 Å².